The second-order valence-electron chi connectivity index (χ2n) is 5.30. The van der Waals surface area contributed by atoms with Gasteiger partial charge >= 0.3 is 0 Å². The van der Waals surface area contributed by atoms with Gasteiger partial charge in [0.1, 0.15) is 0 Å². The summed E-state index contributed by atoms with van der Waals surface area (Å²) in [5, 5.41) is 3.73. The van der Waals surface area contributed by atoms with Gasteiger partial charge in [0.2, 0.25) is 0 Å². The minimum atomic E-state index is 0.537. The Morgan fingerprint density at radius 1 is 1.33 bits per heavy atom. The van der Waals surface area contributed by atoms with Crippen LogP contribution in [0.25, 0.3) is 0 Å². The predicted octanol–water partition coefficient (Wildman–Crippen LogP) is 3.19. The Morgan fingerprint density at radius 2 is 2.11 bits per heavy atom. The van der Waals surface area contributed by atoms with E-state index >= 15 is 0 Å². The minimum Gasteiger partial charge on any atom is -0.381 e. The van der Waals surface area contributed by atoms with E-state index in [2.05, 4.69) is 49.5 Å². The second kappa shape index (κ2) is 6.91. The Bertz CT molecular complexity index is 332. The summed E-state index contributed by atoms with van der Waals surface area (Å²) in [6.45, 7) is 7.50. The summed E-state index contributed by atoms with van der Waals surface area (Å²) >= 11 is 0. The number of nitrogens with one attached hydrogen (secondary N) is 1. The molecule has 1 aromatic carbocycles. The van der Waals surface area contributed by atoms with Crippen molar-refractivity contribution >= 4 is 0 Å². The number of ether oxygens (including phenoxy) is 1. The van der Waals surface area contributed by atoms with Crippen molar-refractivity contribution in [3.05, 3.63) is 35.9 Å². The molecule has 1 saturated heterocycles. The maximum absolute atomic E-state index is 5.56. The normalized spacial score (nSPS) is 22.9. The van der Waals surface area contributed by atoms with Crippen molar-refractivity contribution in [3.8, 4) is 0 Å². The third-order valence-electron chi connectivity index (χ3n) is 3.97. The van der Waals surface area contributed by atoms with E-state index in [9.17, 15) is 0 Å². The molecule has 1 N–H and O–H groups in total. The van der Waals surface area contributed by atoms with Crippen LogP contribution in [0.1, 0.15) is 38.2 Å². The van der Waals surface area contributed by atoms with Crippen LogP contribution in [0.4, 0.5) is 0 Å². The van der Waals surface area contributed by atoms with Gasteiger partial charge in [0.15, 0.2) is 0 Å². The van der Waals surface area contributed by atoms with Gasteiger partial charge in [0, 0.05) is 18.6 Å². The van der Waals surface area contributed by atoms with Crippen LogP contribution in [0.3, 0.4) is 0 Å². The van der Waals surface area contributed by atoms with Gasteiger partial charge in [-0.1, -0.05) is 44.2 Å². The van der Waals surface area contributed by atoms with E-state index < -0.39 is 0 Å². The maximum Gasteiger partial charge on any atom is 0.0510 e. The quantitative estimate of drug-likeness (QED) is 0.833. The van der Waals surface area contributed by atoms with Gasteiger partial charge < -0.3 is 10.1 Å². The van der Waals surface area contributed by atoms with Gasteiger partial charge in [-0.3, -0.25) is 0 Å². The molecule has 1 heterocycles. The molecule has 2 heteroatoms. The van der Waals surface area contributed by atoms with Crippen LogP contribution >= 0.6 is 0 Å². The standard InChI is InChI=1S/C16H25NO/c1-3-10-17-16(15-9-11-18-12-15)13(2)14-7-5-4-6-8-14/h4-8,13,15-17H,3,9-12H2,1-2H3. The Kier molecular flexibility index (Phi) is 5.21. The molecule has 1 fully saturated rings. The molecule has 1 aliphatic rings. The summed E-state index contributed by atoms with van der Waals surface area (Å²) < 4.78 is 5.56. The topological polar surface area (TPSA) is 21.3 Å². The molecule has 2 nitrogen and oxygen atoms in total. The lowest BCUT2D eigenvalue weighted by molar-refractivity contribution is 0.173. The van der Waals surface area contributed by atoms with Crippen molar-refractivity contribution < 1.29 is 4.74 Å². The summed E-state index contributed by atoms with van der Waals surface area (Å²) in [6, 6.07) is 11.4. The van der Waals surface area contributed by atoms with E-state index in [4.69, 9.17) is 4.74 Å². The highest BCUT2D eigenvalue weighted by molar-refractivity contribution is 5.21. The van der Waals surface area contributed by atoms with E-state index in [1.807, 2.05) is 0 Å². The molecule has 0 radical (unpaired) electrons. The Labute approximate surface area is 111 Å². The molecule has 2 rings (SSSR count). The number of hydrogen-bond acceptors (Lipinski definition) is 2. The number of benzene rings is 1. The van der Waals surface area contributed by atoms with Gasteiger partial charge in [0.25, 0.3) is 0 Å². The first-order valence-electron chi connectivity index (χ1n) is 7.19. The highest BCUT2D eigenvalue weighted by atomic mass is 16.5. The average molecular weight is 247 g/mol. The largest absolute Gasteiger partial charge is 0.381 e. The van der Waals surface area contributed by atoms with Crippen molar-refractivity contribution in [1.29, 1.82) is 0 Å². The molecule has 3 atom stereocenters. The van der Waals surface area contributed by atoms with E-state index in [1.165, 1.54) is 18.4 Å². The first-order chi connectivity index (χ1) is 8.83. The fourth-order valence-electron chi connectivity index (χ4n) is 2.86. The predicted molar refractivity (Wildman–Crippen MR) is 75.9 cm³/mol. The first-order valence-corrected chi connectivity index (χ1v) is 7.19. The molecular formula is C16H25NO. The zero-order valence-electron chi connectivity index (χ0n) is 11.6. The highest BCUT2D eigenvalue weighted by Crippen LogP contribution is 2.28. The van der Waals surface area contributed by atoms with E-state index in [1.54, 1.807) is 0 Å². The Hall–Kier alpha value is -0.860. The highest BCUT2D eigenvalue weighted by Gasteiger charge is 2.30. The lowest BCUT2D eigenvalue weighted by Gasteiger charge is -2.30. The summed E-state index contributed by atoms with van der Waals surface area (Å²) in [4.78, 5) is 0. The SMILES string of the molecule is CCCNC(C1CCOC1)C(C)c1ccccc1. The van der Waals surface area contributed by atoms with Crippen LogP contribution in [0.5, 0.6) is 0 Å². The van der Waals surface area contributed by atoms with Gasteiger partial charge in [-0.2, -0.15) is 0 Å². The van der Waals surface area contributed by atoms with Crippen LogP contribution < -0.4 is 5.32 Å². The van der Waals surface area contributed by atoms with Crippen molar-refractivity contribution in [2.75, 3.05) is 19.8 Å². The van der Waals surface area contributed by atoms with Crippen LogP contribution in [0, 0.1) is 5.92 Å². The summed E-state index contributed by atoms with van der Waals surface area (Å²) in [6.07, 6.45) is 2.38. The molecule has 1 aromatic rings. The number of hydrogen-bond donors (Lipinski definition) is 1. The zero-order chi connectivity index (χ0) is 12.8. The van der Waals surface area contributed by atoms with Crippen LogP contribution in [0.2, 0.25) is 0 Å². The monoisotopic (exact) mass is 247 g/mol. The van der Waals surface area contributed by atoms with E-state index in [0.717, 1.165) is 19.8 Å². The third kappa shape index (κ3) is 3.33. The molecule has 0 aliphatic carbocycles. The van der Waals surface area contributed by atoms with E-state index in [0.29, 0.717) is 17.9 Å². The molecule has 0 aromatic heterocycles. The molecule has 0 saturated carbocycles. The fraction of sp³-hybridized carbons (Fsp3) is 0.625. The van der Waals surface area contributed by atoms with Gasteiger partial charge in [-0.15, -0.1) is 0 Å². The van der Waals surface area contributed by atoms with Crippen molar-refractivity contribution in [2.45, 2.75) is 38.6 Å². The third-order valence-corrected chi connectivity index (χ3v) is 3.97. The molecule has 3 unspecified atom stereocenters. The average Bonchev–Trinajstić information content (AvgIpc) is 2.94. The molecular weight excluding hydrogens is 222 g/mol. The van der Waals surface area contributed by atoms with Crippen molar-refractivity contribution in [2.24, 2.45) is 5.92 Å². The number of rotatable bonds is 6. The van der Waals surface area contributed by atoms with Crippen LogP contribution in [-0.4, -0.2) is 25.8 Å². The van der Waals surface area contributed by atoms with Crippen LogP contribution in [0.15, 0.2) is 30.3 Å². The van der Waals surface area contributed by atoms with Gasteiger partial charge in [-0.25, -0.2) is 0 Å². The fourth-order valence-corrected chi connectivity index (χ4v) is 2.86. The summed E-state index contributed by atoms with van der Waals surface area (Å²) in [5.74, 6) is 1.20. The second-order valence-corrected chi connectivity index (χ2v) is 5.30. The Morgan fingerprint density at radius 3 is 2.72 bits per heavy atom. The molecule has 0 amide bonds. The van der Waals surface area contributed by atoms with E-state index in [-0.39, 0.29) is 0 Å². The minimum absolute atomic E-state index is 0.537. The molecule has 18 heavy (non-hydrogen) atoms. The van der Waals surface area contributed by atoms with Gasteiger partial charge in [-0.05, 0) is 30.9 Å². The zero-order valence-corrected chi connectivity index (χ0v) is 11.6. The first kappa shape index (κ1) is 13.6. The molecule has 0 bridgehead atoms. The lowest BCUT2D eigenvalue weighted by Crippen LogP contribution is -2.41. The molecule has 0 spiro atoms. The molecule has 100 valence electrons. The maximum atomic E-state index is 5.56. The summed E-state index contributed by atoms with van der Waals surface area (Å²) in [5.41, 5.74) is 1.43. The van der Waals surface area contributed by atoms with Crippen LogP contribution in [-0.2, 0) is 4.74 Å². The molecule has 1 aliphatic heterocycles. The lowest BCUT2D eigenvalue weighted by atomic mass is 9.84. The Balaban J connectivity index is 2.07. The summed E-state index contributed by atoms with van der Waals surface area (Å²) in [7, 11) is 0. The van der Waals surface area contributed by atoms with Gasteiger partial charge in [0.05, 0.1) is 6.61 Å². The van der Waals surface area contributed by atoms with Crippen molar-refractivity contribution in [1.82, 2.24) is 5.32 Å². The smallest absolute Gasteiger partial charge is 0.0510 e. The van der Waals surface area contributed by atoms with Crippen molar-refractivity contribution in [3.63, 3.8) is 0 Å².